The van der Waals surface area contributed by atoms with Gasteiger partial charge < -0.3 is 5.32 Å². The fourth-order valence-electron chi connectivity index (χ4n) is 3.02. The first kappa shape index (κ1) is 15.7. The highest BCUT2D eigenvalue weighted by Gasteiger charge is 2.20. The number of rotatable bonds is 5. The average molecular weight is 309 g/mol. The van der Waals surface area contributed by atoms with E-state index in [1.54, 1.807) is 12.4 Å². The normalized spacial score (nSPS) is 16.2. The van der Waals surface area contributed by atoms with Crippen LogP contribution in [0.2, 0.25) is 0 Å². The molecule has 4 nitrogen and oxygen atoms in total. The first-order chi connectivity index (χ1) is 11.2. The Hall–Kier alpha value is -2.20. The molecule has 23 heavy (non-hydrogen) atoms. The Labute approximate surface area is 137 Å². The van der Waals surface area contributed by atoms with E-state index in [2.05, 4.69) is 46.4 Å². The number of nitrogens with zero attached hydrogens (tertiary/aromatic N) is 2. The molecule has 1 saturated heterocycles. The summed E-state index contributed by atoms with van der Waals surface area (Å²) < 4.78 is 0. The van der Waals surface area contributed by atoms with Crippen LogP contribution in [0.5, 0.6) is 0 Å². The van der Waals surface area contributed by atoms with Gasteiger partial charge in [0.1, 0.15) is 0 Å². The van der Waals surface area contributed by atoms with E-state index >= 15 is 0 Å². The molecule has 2 aromatic rings. The minimum atomic E-state index is -0.131. The number of nitrogens with one attached hydrogen (secondary N) is 1. The Kier molecular flexibility index (Phi) is 5.03. The molecule has 1 aromatic heterocycles. The molecule has 1 unspecified atom stereocenters. The van der Waals surface area contributed by atoms with Gasteiger partial charge in [-0.15, -0.1) is 0 Å². The zero-order chi connectivity index (χ0) is 16.1. The van der Waals surface area contributed by atoms with Gasteiger partial charge in [0.2, 0.25) is 5.91 Å². The Morgan fingerprint density at radius 3 is 2.35 bits per heavy atom. The number of hydrogen-bond acceptors (Lipinski definition) is 3. The molecule has 1 aliphatic heterocycles. The van der Waals surface area contributed by atoms with Crippen molar-refractivity contribution in [2.24, 2.45) is 0 Å². The van der Waals surface area contributed by atoms with Crippen molar-refractivity contribution in [2.75, 3.05) is 19.6 Å². The quantitative estimate of drug-likeness (QED) is 0.923. The molecule has 1 aliphatic rings. The van der Waals surface area contributed by atoms with Gasteiger partial charge in [-0.3, -0.25) is 14.7 Å². The Morgan fingerprint density at radius 2 is 1.70 bits per heavy atom. The van der Waals surface area contributed by atoms with Gasteiger partial charge in [-0.1, -0.05) is 29.8 Å². The number of amides is 1. The molecular weight excluding hydrogens is 286 g/mol. The molecule has 1 N–H and O–H groups in total. The van der Waals surface area contributed by atoms with Crippen molar-refractivity contribution in [3.05, 3.63) is 65.5 Å². The maximum atomic E-state index is 12.5. The maximum Gasteiger partial charge on any atom is 0.234 e. The SMILES string of the molecule is Cc1ccc(C(NC(=O)CN2CCCC2)c2ccncc2)cc1. The monoisotopic (exact) mass is 309 g/mol. The second kappa shape index (κ2) is 7.38. The highest BCUT2D eigenvalue weighted by Crippen LogP contribution is 2.22. The van der Waals surface area contributed by atoms with Crippen LogP contribution in [0.4, 0.5) is 0 Å². The molecule has 1 aromatic carbocycles. The molecule has 0 spiro atoms. The second-order valence-electron chi connectivity index (χ2n) is 6.18. The van der Waals surface area contributed by atoms with Crippen molar-refractivity contribution >= 4 is 5.91 Å². The van der Waals surface area contributed by atoms with Crippen LogP contribution in [0.15, 0.2) is 48.8 Å². The van der Waals surface area contributed by atoms with Crippen LogP contribution in [0.25, 0.3) is 0 Å². The van der Waals surface area contributed by atoms with Gasteiger partial charge in [0, 0.05) is 12.4 Å². The number of carbonyl (C=O) groups is 1. The highest BCUT2D eigenvalue weighted by atomic mass is 16.2. The fraction of sp³-hybridized carbons (Fsp3) is 0.368. The first-order valence-corrected chi connectivity index (χ1v) is 8.20. The largest absolute Gasteiger partial charge is 0.344 e. The van der Waals surface area contributed by atoms with E-state index in [0.717, 1.165) is 24.2 Å². The van der Waals surface area contributed by atoms with Crippen molar-refractivity contribution in [3.63, 3.8) is 0 Å². The minimum absolute atomic E-state index is 0.0780. The predicted molar refractivity (Wildman–Crippen MR) is 91.1 cm³/mol. The smallest absolute Gasteiger partial charge is 0.234 e. The van der Waals surface area contributed by atoms with E-state index in [-0.39, 0.29) is 11.9 Å². The molecule has 3 rings (SSSR count). The molecule has 1 fully saturated rings. The molecular formula is C19H23N3O. The van der Waals surface area contributed by atoms with E-state index in [1.807, 2.05) is 12.1 Å². The van der Waals surface area contributed by atoms with Gasteiger partial charge in [-0.25, -0.2) is 0 Å². The second-order valence-corrected chi connectivity index (χ2v) is 6.18. The van der Waals surface area contributed by atoms with Crippen LogP contribution in [-0.2, 0) is 4.79 Å². The molecule has 120 valence electrons. The summed E-state index contributed by atoms with van der Waals surface area (Å²) in [6.45, 7) is 4.60. The first-order valence-electron chi connectivity index (χ1n) is 8.20. The lowest BCUT2D eigenvalue weighted by atomic mass is 9.98. The standard InChI is InChI=1S/C19H23N3O/c1-15-4-6-16(7-5-15)19(17-8-10-20-11-9-17)21-18(23)14-22-12-2-3-13-22/h4-11,19H,2-3,12-14H2,1H3,(H,21,23). The van der Waals surface area contributed by atoms with Crippen LogP contribution in [-0.4, -0.2) is 35.4 Å². The van der Waals surface area contributed by atoms with Gasteiger partial charge in [0.25, 0.3) is 0 Å². The summed E-state index contributed by atoms with van der Waals surface area (Å²) in [5.74, 6) is 0.0780. The summed E-state index contributed by atoms with van der Waals surface area (Å²) in [4.78, 5) is 18.7. The van der Waals surface area contributed by atoms with Crippen molar-refractivity contribution in [3.8, 4) is 0 Å². The Morgan fingerprint density at radius 1 is 1.09 bits per heavy atom. The van der Waals surface area contributed by atoms with Gasteiger partial charge >= 0.3 is 0 Å². The van der Waals surface area contributed by atoms with Crippen molar-refractivity contribution in [1.29, 1.82) is 0 Å². The van der Waals surface area contributed by atoms with E-state index < -0.39 is 0 Å². The summed E-state index contributed by atoms with van der Waals surface area (Å²) in [6.07, 6.45) is 5.92. The lowest BCUT2D eigenvalue weighted by Crippen LogP contribution is -2.38. The van der Waals surface area contributed by atoms with Gasteiger partial charge in [0.15, 0.2) is 0 Å². The van der Waals surface area contributed by atoms with Gasteiger partial charge in [0.05, 0.1) is 12.6 Å². The summed E-state index contributed by atoms with van der Waals surface area (Å²) >= 11 is 0. The van der Waals surface area contributed by atoms with Gasteiger partial charge in [-0.05, 0) is 56.1 Å². The third-order valence-electron chi connectivity index (χ3n) is 4.32. The molecule has 0 aliphatic carbocycles. The number of likely N-dealkylation sites (tertiary alicyclic amines) is 1. The van der Waals surface area contributed by atoms with Crippen LogP contribution in [0.3, 0.4) is 0 Å². The number of hydrogen-bond donors (Lipinski definition) is 1. The van der Waals surface area contributed by atoms with E-state index in [1.165, 1.54) is 18.4 Å². The molecule has 1 amide bonds. The number of pyridine rings is 1. The van der Waals surface area contributed by atoms with Crippen molar-refractivity contribution in [2.45, 2.75) is 25.8 Å². The number of aryl methyl sites for hydroxylation is 1. The Balaban J connectivity index is 1.77. The summed E-state index contributed by atoms with van der Waals surface area (Å²) in [7, 11) is 0. The summed E-state index contributed by atoms with van der Waals surface area (Å²) in [6, 6.07) is 12.1. The lowest BCUT2D eigenvalue weighted by molar-refractivity contribution is -0.122. The highest BCUT2D eigenvalue weighted by molar-refractivity contribution is 5.79. The van der Waals surface area contributed by atoms with Crippen LogP contribution >= 0.6 is 0 Å². The number of aromatic nitrogens is 1. The Bertz CT molecular complexity index is 633. The third-order valence-corrected chi connectivity index (χ3v) is 4.32. The van der Waals surface area contributed by atoms with Crippen LogP contribution in [0.1, 0.15) is 35.6 Å². The van der Waals surface area contributed by atoms with Crippen molar-refractivity contribution < 1.29 is 4.79 Å². The lowest BCUT2D eigenvalue weighted by Gasteiger charge is -2.22. The van der Waals surface area contributed by atoms with Crippen molar-refractivity contribution in [1.82, 2.24) is 15.2 Å². The molecule has 0 bridgehead atoms. The van der Waals surface area contributed by atoms with E-state index in [4.69, 9.17) is 0 Å². The van der Waals surface area contributed by atoms with E-state index in [0.29, 0.717) is 6.54 Å². The molecule has 0 saturated carbocycles. The predicted octanol–water partition coefficient (Wildman–Crippen LogP) is 2.69. The van der Waals surface area contributed by atoms with Gasteiger partial charge in [-0.2, -0.15) is 0 Å². The zero-order valence-electron chi connectivity index (χ0n) is 13.5. The zero-order valence-corrected chi connectivity index (χ0v) is 13.5. The third kappa shape index (κ3) is 4.17. The fourth-order valence-corrected chi connectivity index (χ4v) is 3.02. The summed E-state index contributed by atoms with van der Waals surface area (Å²) in [5.41, 5.74) is 3.36. The molecule has 1 atom stereocenters. The topological polar surface area (TPSA) is 45.2 Å². The maximum absolute atomic E-state index is 12.5. The number of benzene rings is 1. The number of carbonyl (C=O) groups excluding carboxylic acids is 1. The van der Waals surface area contributed by atoms with E-state index in [9.17, 15) is 4.79 Å². The van der Waals surface area contributed by atoms with Crippen LogP contribution < -0.4 is 5.32 Å². The summed E-state index contributed by atoms with van der Waals surface area (Å²) in [5, 5.41) is 3.19. The van der Waals surface area contributed by atoms with Crippen LogP contribution in [0, 0.1) is 6.92 Å². The minimum Gasteiger partial charge on any atom is -0.344 e. The molecule has 4 heteroatoms. The molecule has 2 heterocycles. The molecule has 0 radical (unpaired) electrons. The average Bonchev–Trinajstić information content (AvgIpc) is 3.07.